The quantitative estimate of drug-likeness (QED) is 0.310. The standard InChI is InChI=1S/C27H27N7O3S2/c1-18(31-26-22-6-2-5-21(25(22)29-17-30-26)19-4-3-9-28-15-19)16-33-10-12-34(13-11-33)39(36,37)20-7-8-23-24(14-20)38-27(35)32-23/h2-9,14-15,17-18H,10-13,16H2,1H3,(H,32,35)(H,29,30,31). The molecule has 39 heavy (non-hydrogen) atoms. The monoisotopic (exact) mass is 561 g/mol. The number of fused-ring (bicyclic) bond motifs is 2. The van der Waals surface area contributed by atoms with Crippen molar-refractivity contribution in [1.29, 1.82) is 0 Å². The van der Waals surface area contributed by atoms with E-state index in [1.165, 1.54) is 4.31 Å². The minimum Gasteiger partial charge on any atom is -0.366 e. The summed E-state index contributed by atoms with van der Waals surface area (Å²) in [6.45, 7) is 4.90. The van der Waals surface area contributed by atoms with E-state index in [-0.39, 0.29) is 15.8 Å². The Morgan fingerprint density at radius 2 is 1.92 bits per heavy atom. The molecule has 1 saturated heterocycles. The van der Waals surface area contributed by atoms with E-state index in [1.807, 2.05) is 36.5 Å². The van der Waals surface area contributed by atoms with Crippen molar-refractivity contribution < 1.29 is 8.42 Å². The summed E-state index contributed by atoms with van der Waals surface area (Å²) in [5, 5.41) is 4.47. The molecule has 0 amide bonds. The van der Waals surface area contributed by atoms with Gasteiger partial charge in [0, 0.05) is 67.7 Å². The SMILES string of the molecule is CC(CN1CCN(S(=O)(=O)c2ccc3[nH]c(=O)sc3c2)CC1)Nc1ncnc2c(-c3cccnc3)cccc12. The Bertz CT molecular complexity index is 1800. The summed E-state index contributed by atoms with van der Waals surface area (Å²) in [7, 11) is -3.64. The molecule has 4 heterocycles. The zero-order valence-electron chi connectivity index (χ0n) is 21.2. The summed E-state index contributed by atoms with van der Waals surface area (Å²) in [5.41, 5.74) is 3.51. The molecule has 1 aliphatic rings. The van der Waals surface area contributed by atoms with E-state index in [2.05, 4.69) is 37.1 Å². The highest BCUT2D eigenvalue weighted by Gasteiger charge is 2.29. The van der Waals surface area contributed by atoms with Crippen LogP contribution >= 0.6 is 11.3 Å². The molecule has 1 fully saturated rings. The van der Waals surface area contributed by atoms with Crippen LogP contribution in [0.5, 0.6) is 0 Å². The van der Waals surface area contributed by atoms with E-state index in [9.17, 15) is 13.2 Å². The van der Waals surface area contributed by atoms with Crippen LogP contribution in [0.4, 0.5) is 5.82 Å². The average molecular weight is 562 g/mol. The summed E-state index contributed by atoms with van der Waals surface area (Å²) in [5.74, 6) is 0.766. The van der Waals surface area contributed by atoms with Crippen molar-refractivity contribution in [2.75, 3.05) is 38.0 Å². The molecule has 1 unspecified atom stereocenters. The van der Waals surface area contributed by atoms with Crippen molar-refractivity contribution in [3.63, 3.8) is 0 Å². The van der Waals surface area contributed by atoms with Gasteiger partial charge >= 0.3 is 4.87 Å². The molecule has 1 aliphatic heterocycles. The molecule has 2 aromatic carbocycles. The lowest BCUT2D eigenvalue weighted by Crippen LogP contribution is -2.50. The number of aromatic nitrogens is 4. The summed E-state index contributed by atoms with van der Waals surface area (Å²) in [6.07, 6.45) is 5.15. The molecule has 0 bridgehead atoms. The Hall–Kier alpha value is -3.71. The van der Waals surface area contributed by atoms with Gasteiger partial charge in [-0.1, -0.05) is 29.5 Å². The molecule has 1 atom stereocenters. The van der Waals surface area contributed by atoms with Crippen molar-refractivity contribution in [3.8, 4) is 11.1 Å². The van der Waals surface area contributed by atoms with E-state index < -0.39 is 10.0 Å². The number of H-pyrrole nitrogens is 1. The Morgan fingerprint density at radius 1 is 1.08 bits per heavy atom. The predicted octanol–water partition coefficient (Wildman–Crippen LogP) is 3.40. The number of nitrogens with one attached hydrogen (secondary N) is 2. The molecule has 2 N–H and O–H groups in total. The predicted molar refractivity (Wildman–Crippen MR) is 153 cm³/mol. The summed E-state index contributed by atoms with van der Waals surface area (Å²) >= 11 is 1.02. The van der Waals surface area contributed by atoms with Crippen LogP contribution in [-0.2, 0) is 10.0 Å². The van der Waals surface area contributed by atoms with Gasteiger partial charge in [0.2, 0.25) is 10.0 Å². The normalized spacial score (nSPS) is 16.0. The Morgan fingerprint density at radius 3 is 2.72 bits per heavy atom. The van der Waals surface area contributed by atoms with E-state index in [0.717, 1.165) is 45.7 Å². The molecule has 12 heteroatoms. The van der Waals surface area contributed by atoms with Gasteiger partial charge in [0.05, 0.1) is 20.6 Å². The minimum atomic E-state index is -3.64. The van der Waals surface area contributed by atoms with E-state index in [1.54, 1.807) is 30.7 Å². The maximum absolute atomic E-state index is 13.3. The van der Waals surface area contributed by atoms with Gasteiger partial charge in [-0.05, 0) is 37.3 Å². The maximum atomic E-state index is 13.3. The smallest absolute Gasteiger partial charge is 0.305 e. The third-order valence-corrected chi connectivity index (χ3v) is 9.65. The Labute approximate surface area is 229 Å². The average Bonchev–Trinajstić information content (AvgIpc) is 3.33. The molecule has 10 nitrogen and oxygen atoms in total. The molecule has 3 aromatic heterocycles. The van der Waals surface area contributed by atoms with Gasteiger partial charge in [0.15, 0.2) is 0 Å². The number of rotatable bonds is 7. The highest BCUT2D eigenvalue weighted by Crippen LogP contribution is 2.30. The second-order valence-electron chi connectivity index (χ2n) is 9.59. The lowest BCUT2D eigenvalue weighted by Gasteiger charge is -2.35. The van der Waals surface area contributed by atoms with Crippen LogP contribution in [0.25, 0.3) is 32.2 Å². The first-order valence-corrected chi connectivity index (χ1v) is 14.9. The van der Waals surface area contributed by atoms with Crippen LogP contribution in [-0.4, -0.2) is 76.3 Å². The van der Waals surface area contributed by atoms with Gasteiger partial charge in [-0.3, -0.25) is 14.7 Å². The van der Waals surface area contributed by atoms with Gasteiger partial charge in [0.1, 0.15) is 12.1 Å². The zero-order valence-corrected chi connectivity index (χ0v) is 22.9. The molecular formula is C27H27N7O3S2. The molecule has 0 radical (unpaired) electrons. The third kappa shape index (κ3) is 5.15. The number of sulfonamides is 1. The van der Waals surface area contributed by atoms with Crippen LogP contribution in [0.1, 0.15) is 6.92 Å². The highest BCUT2D eigenvalue weighted by molar-refractivity contribution is 7.89. The number of thiazole rings is 1. The summed E-state index contributed by atoms with van der Waals surface area (Å²) < 4.78 is 28.7. The fourth-order valence-corrected chi connectivity index (χ4v) is 7.31. The molecule has 0 aliphatic carbocycles. The van der Waals surface area contributed by atoms with Crippen molar-refractivity contribution >= 4 is 48.3 Å². The van der Waals surface area contributed by atoms with E-state index >= 15 is 0 Å². The van der Waals surface area contributed by atoms with Crippen LogP contribution in [0.2, 0.25) is 0 Å². The van der Waals surface area contributed by atoms with Crippen molar-refractivity contribution in [3.05, 3.63) is 76.9 Å². The van der Waals surface area contributed by atoms with Gasteiger partial charge in [-0.25, -0.2) is 18.4 Å². The fourth-order valence-electron chi connectivity index (χ4n) is 5.01. The van der Waals surface area contributed by atoms with Gasteiger partial charge < -0.3 is 10.3 Å². The first-order valence-electron chi connectivity index (χ1n) is 12.6. The number of aromatic amines is 1. The van der Waals surface area contributed by atoms with Crippen molar-refractivity contribution in [2.45, 2.75) is 17.9 Å². The third-order valence-electron chi connectivity index (χ3n) is 6.91. The number of nitrogens with zero attached hydrogens (tertiary/aromatic N) is 5. The number of anilines is 1. The first kappa shape index (κ1) is 25.6. The minimum absolute atomic E-state index is 0.0760. The number of hydrogen-bond donors (Lipinski definition) is 2. The summed E-state index contributed by atoms with van der Waals surface area (Å²) in [6, 6.07) is 14.8. The number of piperazine rings is 1. The second-order valence-corrected chi connectivity index (χ2v) is 12.5. The van der Waals surface area contributed by atoms with Crippen LogP contribution in [0.3, 0.4) is 0 Å². The lowest BCUT2D eigenvalue weighted by molar-refractivity contribution is 0.184. The topological polar surface area (TPSA) is 124 Å². The van der Waals surface area contributed by atoms with Crippen molar-refractivity contribution in [2.24, 2.45) is 0 Å². The van der Waals surface area contributed by atoms with Gasteiger partial charge in [-0.15, -0.1) is 0 Å². The largest absolute Gasteiger partial charge is 0.366 e. The Balaban J connectivity index is 1.11. The molecule has 0 spiro atoms. The molecule has 0 saturated carbocycles. The second kappa shape index (κ2) is 10.5. The van der Waals surface area contributed by atoms with Crippen molar-refractivity contribution in [1.82, 2.24) is 29.1 Å². The molecule has 6 rings (SSSR count). The number of pyridine rings is 1. The summed E-state index contributed by atoms with van der Waals surface area (Å²) in [4.78, 5) is 29.9. The molecular weight excluding hydrogens is 534 g/mol. The number of benzene rings is 2. The van der Waals surface area contributed by atoms with Crippen LogP contribution in [0.15, 0.2) is 76.9 Å². The lowest BCUT2D eigenvalue weighted by atomic mass is 10.0. The zero-order chi connectivity index (χ0) is 27.0. The molecule has 200 valence electrons. The van der Waals surface area contributed by atoms with E-state index in [4.69, 9.17) is 0 Å². The number of para-hydroxylation sites is 1. The Kier molecular flexibility index (Phi) is 6.85. The fraction of sp³-hybridized carbons (Fsp3) is 0.259. The van der Waals surface area contributed by atoms with Crippen LogP contribution < -0.4 is 10.2 Å². The van der Waals surface area contributed by atoms with E-state index in [0.29, 0.717) is 36.4 Å². The first-order chi connectivity index (χ1) is 18.9. The molecule has 5 aromatic rings. The highest BCUT2D eigenvalue weighted by atomic mass is 32.2. The van der Waals surface area contributed by atoms with Gasteiger partial charge in [0.25, 0.3) is 0 Å². The van der Waals surface area contributed by atoms with Gasteiger partial charge in [-0.2, -0.15) is 4.31 Å². The van der Waals surface area contributed by atoms with Crippen LogP contribution in [0, 0.1) is 0 Å². The number of hydrogen-bond acceptors (Lipinski definition) is 9. The maximum Gasteiger partial charge on any atom is 0.305 e.